The van der Waals surface area contributed by atoms with Gasteiger partial charge in [-0.1, -0.05) is 47.5 Å². The molecule has 0 saturated carbocycles. The molecule has 8 heteroatoms. The molecule has 4 aromatic rings. The van der Waals surface area contributed by atoms with Gasteiger partial charge in [-0.05, 0) is 59.2 Å². The number of halogens is 2. The van der Waals surface area contributed by atoms with Crippen LogP contribution in [0.2, 0.25) is 10.0 Å². The van der Waals surface area contributed by atoms with Gasteiger partial charge in [-0.25, -0.2) is 13.1 Å². The van der Waals surface area contributed by atoms with Crippen LogP contribution in [-0.2, 0) is 16.6 Å². The molecule has 0 bridgehead atoms. The van der Waals surface area contributed by atoms with Crippen LogP contribution in [0.4, 0.5) is 0 Å². The molecule has 152 valence electrons. The van der Waals surface area contributed by atoms with Crippen molar-refractivity contribution in [3.63, 3.8) is 0 Å². The standard InChI is InChI=1S/C22H16Cl2N2O3S/c23-19-9-6-17(12-20(19)24)16-4-7-18(8-5-16)30(27,28)26-14-15-3-10-21(25-13-15)22-2-1-11-29-22/h1-13,26H,14H2. The molecule has 0 atom stereocenters. The molecule has 0 saturated heterocycles. The molecule has 2 aromatic carbocycles. The molecule has 5 nitrogen and oxygen atoms in total. The van der Waals surface area contributed by atoms with Crippen LogP contribution in [0.25, 0.3) is 22.6 Å². The van der Waals surface area contributed by atoms with Crippen LogP contribution in [0.3, 0.4) is 0 Å². The summed E-state index contributed by atoms with van der Waals surface area (Å²) in [7, 11) is -3.67. The van der Waals surface area contributed by atoms with Crippen LogP contribution in [0.15, 0.2) is 88.5 Å². The Balaban J connectivity index is 1.45. The number of pyridine rings is 1. The average molecular weight is 459 g/mol. The van der Waals surface area contributed by atoms with Crippen LogP contribution in [0.1, 0.15) is 5.56 Å². The summed E-state index contributed by atoms with van der Waals surface area (Å²) in [6, 6.07) is 19.0. The van der Waals surface area contributed by atoms with Gasteiger partial charge < -0.3 is 4.42 Å². The Morgan fingerprint density at radius 2 is 1.67 bits per heavy atom. The maximum atomic E-state index is 12.6. The minimum absolute atomic E-state index is 0.127. The Kier molecular flexibility index (Phi) is 5.92. The molecule has 0 spiro atoms. The molecule has 2 heterocycles. The maximum absolute atomic E-state index is 12.6. The van der Waals surface area contributed by atoms with Crippen molar-refractivity contribution in [3.8, 4) is 22.6 Å². The Morgan fingerprint density at radius 1 is 0.900 bits per heavy atom. The number of rotatable bonds is 6. The van der Waals surface area contributed by atoms with Gasteiger partial charge in [0.25, 0.3) is 0 Å². The van der Waals surface area contributed by atoms with Gasteiger partial charge in [0.1, 0.15) is 5.69 Å². The van der Waals surface area contributed by atoms with Crippen LogP contribution in [-0.4, -0.2) is 13.4 Å². The van der Waals surface area contributed by atoms with Gasteiger partial charge in [-0.2, -0.15) is 0 Å². The third kappa shape index (κ3) is 4.57. The third-order valence-electron chi connectivity index (χ3n) is 4.48. The summed E-state index contributed by atoms with van der Waals surface area (Å²) in [6.45, 7) is 0.127. The number of benzene rings is 2. The highest BCUT2D eigenvalue weighted by atomic mass is 35.5. The third-order valence-corrected chi connectivity index (χ3v) is 6.64. The predicted molar refractivity (Wildman–Crippen MR) is 118 cm³/mol. The molecule has 0 fully saturated rings. The smallest absolute Gasteiger partial charge is 0.240 e. The molecule has 0 unspecified atom stereocenters. The van der Waals surface area contributed by atoms with E-state index in [2.05, 4.69) is 9.71 Å². The summed E-state index contributed by atoms with van der Waals surface area (Å²) in [5.41, 5.74) is 3.11. The van der Waals surface area contributed by atoms with Crippen LogP contribution in [0, 0.1) is 0 Å². The number of sulfonamides is 1. The van der Waals surface area contributed by atoms with Crippen molar-refractivity contribution in [1.82, 2.24) is 9.71 Å². The molecular weight excluding hydrogens is 443 g/mol. The maximum Gasteiger partial charge on any atom is 0.240 e. The molecular formula is C22H16Cl2N2O3S. The molecule has 30 heavy (non-hydrogen) atoms. The second-order valence-corrected chi connectivity index (χ2v) is 9.09. The van der Waals surface area contributed by atoms with Gasteiger partial charge in [0.05, 0.1) is 21.2 Å². The Hall–Kier alpha value is -2.64. The summed E-state index contributed by atoms with van der Waals surface area (Å²) >= 11 is 12.0. The van der Waals surface area contributed by atoms with Crippen molar-refractivity contribution in [2.75, 3.05) is 0 Å². The molecule has 0 aliphatic rings. The van der Waals surface area contributed by atoms with E-state index in [0.29, 0.717) is 21.5 Å². The monoisotopic (exact) mass is 458 g/mol. The van der Waals surface area contributed by atoms with Crippen molar-refractivity contribution < 1.29 is 12.8 Å². The van der Waals surface area contributed by atoms with Gasteiger partial charge in [0.2, 0.25) is 10.0 Å². The molecule has 1 N–H and O–H groups in total. The fourth-order valence-electron chi connectivity index (χ4n) is 2.86. The molecule has 0 amide bonds. The van der Waals surface area contributed by atoms with Crippen molar-refractivity contribution in [3.05, 3.63) is 94.8 Å². The van der Waals surface area contributed by atoms with E-state index in [0.717, 1.165) is 16.7 Å². The summed E-state index contributed by atoms with van der Waals surface area (Å²) in [6.07, 6.45) is 3.19. The highest BCUT2D eigenvalue weighted by Crippen LogP contribution is 2.29. The number of nitrogens with zero attached hydrogens (tertiary/aromatic N) is 1. The Morgan fingerprint density at radius 3 is 2.30 bits per heavy atom. The fourth-order valence-corrected chi connectivity index (χ4v) is 4.18. The number of hydrogen-bond donors (Lipinski definition) is 1. The molecule has 4 rings (SSSR count). The lowest BCUT2D eigenvalue weighted by molar-refractivity contribution is 0.578. The lowest BCUT2D eigenvalue weighted by atomic mass is 10.1. The van der Waals surface area contributed by atoms with E-state index in [9.17, 15) is 8.42 Å². The molecule has 0 aliphatic carbocycles. The van der Waals surface area contributed by atoms with E-state index in [1.54, 1.807) is 67.1 Å². The van der Waals surface area contributed by atoms with E-state index in [-0.39, 0.29) is 11.4 Å². The highest BCUT2D eigenvalue weighted by molar-refractivity contribution is 7.89. The first kappa shape index (κ1) is 20.6. The van der Waals surface area contributed by atoms with Gasteiger partial charge >= 0.3 is 0 Å². The van der Waals surface area contributed by atoms with E-state index < -0.39 is 10.0 Å². The first-order chi connectivity index (χ1) is 14.4. The van der Waals surface area contributed by atoms with E-state index >= 15 is 0 Å². The normalized spacial score (nSPS) is 11.5. The number of nitrogens with one attached hydrogen (secondary N) is 1. The zero-order chi connectivity index (χ0) is 21.1. The Bertz CT molecular complexity index is 1260. The van der Waals surface area contributed by atoms with E-state index in [4.69, 9.17) is 27.6 Å². The topological polar surface area (TPSA) is 72.2 Å². The summed E-state index contributed by atoms with van der Waals surface area (Å²) < 4.78 is 33.1. The lowest BCUT2D eigenvalue weighted by Crippen LogP contribution is -2.23. The zero-order valence-electron chi connectivity index (χ0n) is 15.5. The first-order valence-electron chi connectivity index (χ1n) is 8.96. The zero-order valence-corrected chi connectivity index (χ0v) is 17.9. The van der Waals surface area contributed by atoms with Crippen LogP contribution >= 0.6 is 23.2 Å². The van der Waals surface area contributed by atoms with Crippen molar-refractivity contribution in [2.24, 2.45) is 0 Å². The lowest BCUT2D eigenvalue weighted by Gasteiger charge is -2.09. The highest BCUT2D eigenvalue weighted by Gasteiger charge is 2.14. The quantitative estimate of drug-likeness (QED) is 0.396. The molecule has 2 aromatic heterocycles. The number of aromatic nitrogens is 1. The van der Waals surface area contributed by atoms with Crippen molar-refractivity contribution in [1.29, 1.82) is 0 Å². The Labute approximate surface area is 184 Å². The summed E-state index contributed by atoms with van der Waals surface area (Å²) in [4.78, 5) is 4.48. The largest absolute Gasteiger partial charge is 0.463 e. The summed E-state index contributed by atoms with van der Waals surface area (Å²) in [5.74, 6) is 0.657. The summed E-state index contributed by atoms with van der Waals surface area (Å²) in [5, 5.41) is 0.912. The first-order valence-corrected chi connectivity index (χ1v) is 11.2. The minimum Gasteiger partial charge on any atom is -0.463 e. The SMILES string of the molecule is O=S(=O)(NCc1ccc(-c2ccco2)nc1)c1ccc(-c2ccc(Cl)c(Cl)c2)cc1. The van der Waals surface area contributed by atoms with E-state index in [1.807, 2.05) is 12.1 Å². The second kappa shape index (κ2) is 8.62. The van der Waals surface area contributed by atoms with Crippen molar-refractivity contribution in [2.45, 2.75) is 11.4 Å². The van der Waals surface area contributed by atoms with Crippen molar-refractivity contribution >= 4 is 33.2 Å². The fraction of sp³-hybridized carbons (Fsp3) is 0.0455. The molecule has 0 radical (unpaired) electrons. The van der Waals surface area contributed by atoms with Crippen LogP contribution < -0.4 is 4.72 Å². The number of hydrogen-bond acceptors (Lipinski definition) is 4. The van der Waals surface area contributed by atoms with Gasteiger partial charge in [-0.3, -0.25) is 4.98 Å². The average Bonchev–Trinajstić information content (AvgIpc) is 3.30. The minimum atomic E-state index is -3.67. The number of furan rings is 1. The molecule has 0 aliphatic heterocycles. The van der Waals surface area contributed by atoms with Gasteiger partial charge in [-0.15, -0.1) is 0 Å². The van der Waals surface area contributed by atoms with E-state index in [1.165, 1.54) is 0 Å². The second-order valence-electron chi connectivity index (χ2n) is 6.51. The predicted octanol–water partition coefficient (Wildman–Crippen LogP) is 5.79. The van der Waals surface area contributed by atoms with Gasteiger partial charge in [0.15, 0.2) is 5.76 Å². The van der Waals surface area contributed by atoms with Crippen LogP contribution in [0.5, 0.6) is 0 Å². The van der Waals surface area contributed by atoms with Gasteiger partial charge in [0, 0.05) is 12.7 Å².